The molecule has 1 rings (SSSR count). The third-order valence-electron chi connectivity index (χ3n) is 2.21. The number of thiophene rings is 1. The number of halogens is 1. The number of hydrogen-bond acceptors (Lipinski definition) is 3. The number of hydrogen-bond donors (Lipinski definition) is 2. The summed E-state index contributed by atoms with van der Waals surface area (Å²) in [5, 5.41) is 8.58. The monoisotopic (exact) mass is 383 g/mol. The van der Waals surface area contributed by atoms with Crippen LogP contribution in [0.5, 0.6) is 0 Å². The van der Waals surface area contributed by atoms with Crippen LogP contribution in [-0.2, 0) is 11.2 Å². The van der Waals surface area contributed by atoms with E-state index in [1.54, 1.807) is 18.4 Å². The van der Waals surface area contributed by atoms with Gasteiger partial charge in [0.05, 0.1) is 6.61 Å². The van der Waals surface area contributed by atoms with E-state index in [4.69, 9.17) is 4.74 Å². The molecule has 0 aromatic carbocycles. The molecule has 0 amide bonds. The zero-order valence-electron chi connectivity index (χ0n) is 10.9. The molecule has 0 bridgehead atoms. The van der Waals surface area contributed by atoms with E-state index in [-0.39, 0.29) is 24.0 Å². The molecule has 0 fully saturated rings. The van der Waals surface area contributed by atoms with Gasteiger partial charge in [-0.1, -0.05) is 6.07 Å². The highest BCUT2D eigenvalue weighted by Crippen LogP contribution is 2.07. The smallest absolute Gasteiger partial charge is 0.191 e. The summed E-state index contributed by atoms with van der Waals surface area (Å²) in [4.78, 5) is 5.54. The summed E-state index contributed by atoms with van der Waals surface area (Å²) in [6.45, 7) is 5.14. The van der Waals surface area contributed by atoms with Crippen LogP contribution < -0.4 is 10.6 Å². The maximum Gasteiger partial charge on any atom is 0.191 e. The maximum absolute atomic E-state index is 5.25. The van der Waals surface area contributed by atoms with Crippen LogP contribution in [0.3, 0.4) is 0 Å². The van der Waals surface area contributed by atoms with E-state index in [2.05, 4.69) is 33.1 Å². The van der Waals surface area contributed by atoms with Gasteiger partial charge in [-0.15, -0.1) is 35.3 Å². The predicted octanol–water partition coefficient (Wildman–Crippen LogP) is 2.11. The van der Waals surface area contributed by atoms with Crippen molar-refractivity contribution in [1.29, 1.82) is 0 Å². The van der Waals surface area contributed by atoms with E-state index in [1.165, 1.54) is 4.88 Å². The van der Waals surface area contributed by atoms with Crippen LogP contribution in [-0.4, -0.2) is 39.3 Å². The van der Waals surface area contributed by atoms with Gasteiger partial charge in [0.1, 0.15) is 0 Å². The van der Waals surface area contributed by atoms with Crippen molar-refractivity contribution in [2.45, 2.75) is 13.3 Å². The fourth-order valence-electron chi connectivity index (χ4n) is 1.37. The molecule has 0 atom stereocenters. The first-order valence-corrected chi connectivity index (χ1v) is 6.79. The summed E-state index contributed by atoms with van der Waals surface area (Å²) in [7, 11) is 1.78. The second kappa shape index (κ2) is 11.7. The molecular weight excluding hydrogens is 361 g/mol. The lowest BCUT2D eigenvalue weighted by atomic mass is 10.3. The Balaban J connectivity index is 0.00000289. The van der Waals surface area contributed by atoms with Gasteiger partial charge in [0.2, 0.25) is 0 Å². The van der Waals surface area contributed by atoms with Crippen LogP contribution in [0.1, 0.15) is 11.8 Å². The molecule has 2 N–H and O–H groups in total. The van der Waals surface area contributed by atoms with Gasteiger partial charge < -0.3 is 15.4 Å². The van der Waals surface area contributed by atoms with Gasteiger partial charge in [0, 0.05) is 31.6 Å². The Labute approximate surface area is 130 Å². The summed E-state index contributed by atoms with van der Waals surface area (Å²) < 4.78 is 5.25. The van der Waals surface area contributed by atoms with Crippen LogP contribution in [0.15, 0.2) is 22.5 Å². The highest BCUT2D eigenvalue weighted by atomic mass is 127. The molecule has 0 aliphatic heterocycles. The Kier molecular flexibility index (Phi) is 11.5. The van der Waals surface area contributed by atoms with Gasteiger partial charge in [-0.2, -0.15) is 0 Å². The lowest BCUT2D eigenvalue weighted by Crippen LogP contribution is -2.39. The van der Waals surface area contributed by atoms with Gasteiger partial charge in [-0.3, -0.25) is 4.99 Å². The summed E-state index contributed by atoms with van der Waals surface area (Å²) in [6, 6.07) is 4.23. The van der Waals surface area contributed by atoms with E-state index < -0.39 is 0 Å². The zero-order chi connectivity index (χ0) is 12.3. The number of rotatable bonds is 7. The topological polar surface area (TPSA) is 45.6 Å². The third-order valence-corrected chi connectivity index (χ3v) is 3.15. The van der Waals surface area contributed by atoms with Gasteiger partial charge in [0.25, 0.3) is 0 Å². The van der Waals surface area contributed by atoms with Crippen molar-refractivity contribution in [1.82, 2.24) is 10.6 Å². The second-order valence-corrected chi connectivity index (χ2v) is 4.48. The Hall–Kier alpha value is -0.340. The van der Waals surface area contributed by atoms with E-state index in [9.17, 15) is 0 Å². The van der Waals surface area contributed by atoms with Crippen LogP contribution >= 0.6 is 35.3 Å². The van der Waals surface area contributed by atoms with Crippen LogP contribution in [0, 0.1) is 0 Å². The highest BCUT2D eigenvalue weighted by Gasteiger charge is 1.97. The van der Waals surface area contributed by atoms with Crippen LogP contribution in [0.25, 0.3) is 0 Å². The number of aliphatic imine (C=N–C) groups is 1. The Morgan fingerprint density at radius 1 is 1.39 bits per heavy atom. The molecule has 0 saturated heterocycles. The second-order valence-electron chi connectivity index (χ2n) is 3.45. The molecule has 0 unspecified atom stereocenters. The fraction of sp³-hybridized carbons (Fsp3) is 0.583. The first-order chi connectivity index (χ1) is 8.36. The van der Waals surface area contributed by atoms with Crippen molar-refractivity contribution >= 4 is 41.3 Å². The average molecular weight is 383 g/mol. The fourth-order valence-corrected chi connectivity index (χ4v) is 2.07. The molecule has 0 spiro atoms. The van der Waals surface area contributed by atoms with Crippen LogP contribution in [0.2, 0.25) is 0 Å². The van der Waals surface area contributed by atoms with Gasteiger partial charge >= 0.3 is 0 Å². The molecule has 104 valence electrons. The zero-order valence-corrected chi connectivity index (χ0v) is 14.1. The Morgan fingerprint density at radius 3 is 2.78 bits per heavy atom. The average Bonchev–Trinajstić information content (AvgIpc) is 2.85. The highest BCUT2D eigenvalue weighted by molar-refractivity contribution is 14.0. The van der Waals surface area contributed by atoms with Crippen molar-refractivity contribution in [3.63, 3.8) is 0 Å². The Morgan fingerprint density at radius 2 is 2.17 bits per heavy atom. The van der Waals surface area contributed by atoms with Crippen molar-refractivity contribution < 1.29 is 4.74 Å². The van der Waals surface area contributed by atoms with E-state index in [1.807, 2.05) is 6.92 Å². The number of nitrogens with one attached hydrogen (secondary N) is 2. The molecule has 18 heavy (non-hydrogen) atoms. The third kappa shape index (κ3) is 7.88. The first kappa shape index (κ1) is 17.7. The predicted molar refractivity (Wildman–Crippen MR) is 89.3 cm³/mol. The summed E-state index contributed by atoms with van der Waals surface area (Å²) in [6.07, 6.45) is 1.03. The van der Waals surface area contributed by atoms with E-state index in [0.29, 0.717) is 6.61 Å². The molecule has 0 saturated carbocycles. The van der Waals surface area contributed by atoms with E-state index in [0.717, 1.165) is 32.1 Å². The molecule has 1 aromatic heterocycles. The molecule has 1 aromatic rings. The normalized spacial score (nSPS) is 10.9. The van der Waals surface area contributed by atoms with Crippen molar-refractivity contribution in [2.75, 3.05) is 33.4 Å². The molecule has 6 heteroatoms. The lowest BCUT2D eigenvalue weighted by molar-refractivity contribution is 0.152. The molecule has 0 aliphatic carbocycles. The van der Waals surface area contributed by atoms with Crippen molar-refractivity contribution in [2.24, 2.45) is 4.99 Å². The Bertz CT molecular complexity index is 317. The molecule has 0 aliphatic rings. The minimum absolute atomic E-state index is 0. The van der Waals surface area contributed by atoms with E-state index >= 15 is 0 Å². The number of ether oxygens (including phenoxy) is 1. The first-order valence-electron chi connectivity index (χ1n) is 5.91. The number of guanidine groups is 1. The lowest BCUT2D eigenvalue weighted by Gasteiger charge is -2.11. The number of nitrogens with zero attached hydrogens (tertiary/aromatic N) is 1. The minimum Gasteiger partial charge on any atom is -0.380 e. The molecule has 1 heterocycles. The van der Waals surface area contributed by atoms with Crippen LogP contribution in [0.4, 0.5) is 0 Å². The largest absolute Gasteiger partial charge is 0.380 e. The summed E-state index contributed by atoms with van der Waals surface area (Å²) in [5.74, 6) is 0.834. The van der Waals surface area contributed by atoms with Crippen molar-refractivity contribution in [3.05, 3.63) is 22.4 Å². The molecule has 0 radical (unpaired) electrons. The summed E-state index contributed by atoms with van der Waals surface area (Å²) >= 11 is 1.79. The summed E-state index contributed by atoms with van der Waals surface area (Å²) in [5.41, 5.74) is 0. The van der Waals surface area contributed by atoms with Gasteiger partial charge in [0.15, 0.2) is 5.96 Å². The maximum atomic E-state index is 5.25. The minimum atomic E-state index is 0. The van der Waals surface area contributed by atoms with Crippen molar-refractivity contribution in [3.8, 4) is 0 Å². The SMILES string of the molecule is CCOCCNC(=NC)NCCc1cccs1.I. The molecular formula is C12H22IN3OS. The molecule has 4 nitrogen and oxygen atoms in total. The quantitative estimate of drug-likeness (QED) is 0.328. The van der Waals surface area contributed by atoms with Gasteiger partial charge in [-0.25, -0.2) is 0 Å². The van der Waals surface area contributed by atoms with Gasteiger partial charge in [-0.05, 0) is 24.8 Å². The standard InChI is InChI=1S/C12H21N3OS.HI/c1-3-16-9-8-15-12(13-2)14-7-6-11-5-4-10-17-11;/h4-5,10H,3,6-9H2,1-2H3,(H2,13,14,15);1H.